The molecule has 1 rings (SSSR count). The van der Waals surface area contributed by atoms with E-state index in [0.29, 0.717) is 6.42 Å². The summed E-state index contributed by atoms with van der Waals surface area (Å²) >= 11 is 0. The van der Waals surface area contributed by atoms with Gasteiger partial charge in [-0.2, -0.15) is 0 Å². The number of nitrogens with two attached hydrogens (primary N) is 1. The molecule has 0 aliphatic heterocycles. The zero-order chi connectivity index (χ0) is 10.6. The van der Waals surface area contributed by atoms with Gasteiger partial charge >= 0.3 is 0 Å². The van der Waals surface area contributed by atoms with E-state index < -0.39 is 12.0 Å². The van der Waals surface area contributed by atoms with Crippen molar-refractivity contribution in [1.82, 2.24) is 0 Å². The Bertz CT molecular complexity index is 306. The lowest BCUT2D eigenvalue weighted by molar-refractivity contribution is -0.119. The number of carbonyl (C=O) groups is 1. The number of primary amides is 1. The maximum Gasteiger partial charge on any atom is 0.220 e. The summed E-state index contributed by atoms with van der Waals surface area (Å²) < 4.78 is 0. The molecular weight excluding hydrogens is 178 g/mol. The summed E-state index contributed by atoms with van der Waals surface area (Å²) in [6, 6.07) is 7.84. The number of hydrogen-bond acceptors (Lipinski definition) is 2. The van der Waals surface area contributed by atoms with Gasteiger partial charge in [-0.1, -0.05) is 29.8 Å². The highest BCUT2D eigenvalue weighted by atomic mass is 16.3. The monoisotopic (exact) mass is 193 g/mol. The molecule has 1 aromatic carbocycles. The van der Waals surface area contributed by atoms with Crippen LogP contribution < -0.4 is 5.73 Å². The summed E-state index contributed by atoms with van der Waals surface area (Å²) in [6.45, 7) is 2.00. The summed E-state index contributed by atoms with van der Waals surface area (Å²) in [7, 11) is 0. The van der Waals surface area contributed by atoms with E-state index in [4.69, 9.17) is 5.73 Å². The highest BCUT2D eigenvalue weighted by Crippen LogP contribution is 2.07. The third-order valence-electron chi connectivity index (χ3n) is 2.03. The molecule has 1 atom stereocenters. The van der Waals surface area contributed by atoms with Gasteiger partial charge < -0.3 is 10.8 Å². The first-order valence-electron chi connectivity index (χ1n) is 4.60. The Morgan fingerprint density at radius 2 is 2.00 bits per heavy atom. The molecule has 0 spiro atoms. The number of amides is 1. The average Bonchev–Trinajstić information content (AvgIpc) is 2.07. The highest BCUT2D eigenvalue weighted by molar-refractivity contribution is 5.74. The molecule has 0 heterocycles. The Kier molecular flexibility index (Phi) is 3.65. The second-order valence-corrected chi connectivity index (χ2v) is 3.51. The Labute approximate surface area is 83.6 Å². The van der Waals surface area contributed by atoms with Crippen LogP contribution in [0.1, 0.15) is 17.5 Å². The summed E-state index contributed by atoms with van der Waals surface area (Å²) in [6.07, 6.45) is -0.174. The summed E-state index contributed by atoms with van der Waals surface area (Å²) in [5, 5.41) is 9.44. The Hall–Kier alpha value is -1.35. The van der Waals surface area contributed by atoms with Gasteiger partial charge in [-0.05, 0) is 18.9 Å². The molecule has 1 aromatic rings. The molecule has 76 valence electrons. The van der Waals surface area contributed by atoms with Crippen LogP contribution in [-0.4, -0.2) is 17.1 Å². The second kappa shape index (κ2) is 4.77. The molecular formula is C11H15NO2. The molecule has 0 bridgehead atoms. The first-order valence-corrected chi connectivity index (χ1v) is 4.60. The van der Waals surface area contributed by atoms with E-state index in [1.807, 2.05) is 31.2 Å². The van der Waals surface area contributed by atoms with Crippen molar-refractivity contribution in [3.8, 4) is 0 Å². The molecule has 0 saturated carbocycles. The van der Waals surface area contributed by atoms with Crippen molar-refractivity contribution in [3.05, 3.63) is 35.4 Å². The van der Waals surface area contributed by atoms with Crippen LogP contribution in [0.15, 0.2) is 24.3 Å². The molecule has 0 aliphatic carbocycles. The normalized spacial score (nSPS) is 12.4. The molecule has 0 radical (unpaired) electrons. The van der Waals surface area contributed by atoms with Gasteiger partial charge in [-0.25, -0.2) is 0 Å². The number of aliphatic hydroxyl groups is 1. The van der Waals surface area contributed by atoms with Gasteiger partial charge in [0.15, 0.2) is 0 Å². The molecule has 3 heteroatoms. The minimum Gasteiger partial charge on any atom is -0.392 e. The van der Waals surface area contributed by atoms with Crippen molar-refractivity contribution in [2.24, 2.45) is 5.73 Å². The molecule has 1 amide bonds. The van der Waals surface area contributed by atoms with E-state index in [0.717, 1.165) is 5.56 Å². The summed E-state index contributed by atoms with van der Waals surface area (Å²) in [5.74, 6) is -0.468. The van der Waals surface area contributed by atoms with Crippen LogP contribution in [0, 0.1) is 6.92 Å². The number of hydrogen-bond donors (Lipinski definition) is 2. The summed E-state index contributed by atoms with van der Waals surface area (Å²) in [4.78, 5) is 10.5. The van der Waals surface area contributed by atoms with E-state index >= 15 is 0 Å². The van der Waals surface area contributed by atoms with Crippen LogP contribution >= 0.6 is 0 Å². The fourth-order valence-electron chi connectivity index (χ4n) is 1.30. The van der Waals surface area contributed by atoms with Gasteiger partial charge in [-0.15, -0.1) is 0 Å². The predicted octanol–water partition coefficient (Wildman–Crippen LogP) is 0.774. The summed E-state index contributed by atoms with van der Waals surface area (Å²) in [5.41, 5.74) is 7.17. The van der Waals surface area contributed by atoms with Crippen molar-refractivity contribution < 1.29 is 9.90 Å². The number of aliphatic hydroxyl groups excluding tert-OH is 1. The van der Waals surface area contributed by atoms with Gasteiger partial charge in [0.2, 0.25) is 5.91 Å². The van der Waals surface area contributed by atoms with E-state index in [9.17, 15) is 9.90 Å². The topological polar surface area (TPSA) is 63.3 Å². The Balaban J connectivity index is 2.51. The van der Waals surface area contributed by atoms with Gasteiger partial charge in [-0.3, -0.25) is 4.79 Å². The fourth-order valence-corrected chi connectivity index (χ4v) is 1.30. The lowest BCUT2D eigenvalue weighted by Crippen LogP contribution is -2.21. The largest absolute Gasteiger partial charge is 0.392 e. The average molecular weight is 193 g/mol. The molecule has 14 heavy (non-hydrogen) atoms. The number of rotatable bonds is 4. The third-order valence-corrected chi connectivity index (χ3v) is 2.03. The zero-order valence-corrected chi connectivity index (χ0v) is 8.23. The van der Waals surface area contributed by atoms with Crippen molar-refractivity contribution in [2.45, 2.75) is 25.9 Å². The predicted molar refractivity (Wildman–Crippen MR) is 54.7 cm³/mol. The highest BCUT2D eigenvalue weighted by Gasteiger charge is 2.08. The number of carbonyl (C=O) groups excluding carboxylic acids is 1. The Morgan fingerprint density at radius 3 is 2.50 bits per heavy atom. The van der Waals surface area contributed by atoms with Crippen LogP contribution in [0.4, 0.5) is 0 Å². The van der Waals surface area contributed by atoms with Crippen molar-refractivity contribution in [1.29, 1.82) is 0 Å². The van der Waals surface area contributed by atoms with Crippen molar-refractivity contribution in [3.63, 3.8) is 0 Å². The number of aryl methyl sites for hydroxylation is 1. The standard InChI is InChI=1S/C11H15NO2/c1-8-2-4-9(5-3-8)6-10(13)7-11(12)14/h2-5,10,13H,6-7H2,1H3,(H2,12,14)/t10-/m1/s1. The third kappa shape index (κ3) is 3.58. The van der Waals surface area contributed by atoms with E-state index in [-0.39, 0.29) is 6.42 Å². The van der Waals surface area contributed by atoms with E-state index in [1.165, 1.54) is 5.56 Å². The lowest BCUT2D eigenvalue weighted by Gasteiger charge is -2.08. The first-order chi connectivity index (χ1) is 6.58. The van der Waals surface area contributed by atoms with Crippen molar-refractivity contribution in [2.75, 3.05) is 0 Å². The minimum absolute atomic E-state index is 0.0217. The molecule has 0 aliphatic rings. The van der Waals surface area contributed by atoms with Gasteiger partial charge in [0.05, 0.1) is 12.5 Å². The maximum absolute atomic E-state index is 10.5. The Morgan fingerprint density at radius 1 is 1.43 bits per heavy atom. The quantitative estimate of drug-likeness (QED) is 0.742. The van der Waals surface area contributed by atoms with Crippen LogP contribution in [0.25, 0.3) is 0 Å². The molecule has 0 aromatic heterocycles. The van der Waals surface area contributed by atoms with Gasteiger partial charge in [0.25, 0.3) is 0 Å². The van der Waals surface area contributed by atoms with E-state index in [2.05, 4.69) is 0 Å². The van der Waals surface area contributed by atoms with Crippen LogP contribution in [0.5, 0.6) is 0 Å². The second-order valence-electron chi connectivity index (χ2n) is 3.51. The maximum atomic E-state index is 10.5. The molecule has 3 N–H and O–H groups in total. The smallest absolute Gasteiger partial charge is 0.220 e. The minimum atomic E-state index is -0.671. The molecule has 0 fully saturated rings. The zero-order valence-electron chi connectivity index (χ0n) is 8.23. The van der Waals surface area contributed by atoms with Crippen LogP contribution in [-0.2, 0) is 11.2 Å². The van der Waals surface area contributed by atoms with Crippen LogP contribution in [0.2, 0.25) is 0 Å². The van der Waals surface area contributed by atoms with E-state index in [1.54, 1.807) is 0 Å². The lowest BCUT2D eigenvalue weighted by atomic mass is 10.0. The molecule has 3 nitrogen and oxygen atoms in total. The first kappa shape index (κ1) is 10.7. The van der Waals surface area contributed by atoms with Crippen LogP contribution in [0.3, 0.4) is 0 Å². The van der Waals surface area contributed by atoms with Crippen molar-refractivity contribution >= 4 is 5.91 Å². The molecule has 0 unspecified atom stereocenters. The van der Waals surface area contributed by atoms with Gasteiger partial charge in [0.1, 0.15) is 0 Å². The molecule has 0 saturated heterocycles. The fraction of sp³-hybridized carbons (Fsp3) is 0.364. The SMILES string of the molecule is Cc1ccc(C[C@@H](O)CC(N)=O)cc1. The van der Waals surface area contributed by atoms with Gasteiger partial charge in [0, 0.05) is 0 Å². The number of benzene rings is 1.